The summed E-state index contributed by atoms with van der Waals surface area (Å²) >= 11 is 0. The Kier molecular flexibility index (Phi) is 4.26. The van der Waals surface area contributed by atoms with Crippen molar-refractivity contribution in [2.75, 3.05) is 13.1 Å². The number of ether oxygens (including phenoxy) is 1. The van der Waals surface area contributed by atoms with Crippen molar-refractivity contribution in [2.45, 2.75) is 57.6 Å². The summed E-state index contributed by atoms with van der Waals surface area (Å²) < 4.78 is 5.54. The van der Waals surface area contributed by atoms with Gasteiger partial charge < -0.3 is 15.4 Å². The van der Waals surface area contributed by atoms with Crippen LogP contribution in [0.15, 0.2) is 0 Å². The number of nitrogens with zero attached hydrogens (tertiary/aromatic N) is 1. The highest BCUT2D eigenvalue weighted by molar-refractivity contribution is 5.67. The van der Waals surface area contributed by atoms with Crippen LogP contribution in [-0.2, 0) is 4.74 Å². The second kappa shape index (κ2) is 5.71. The molecule has 2 atom stereocenters. The summed E-state index contributed by atoms with van der Waals surface area (Å²) in [7, 11) is 0. The van der Waals surface area contributed by atoms with Gasteiger partial charge in [-0.3, -0.25) is 0 Å². The highest BCUT2D eigenvalue weighted by atomic mass is 16.6. The Hall–Kier alpha value is -0.770. The maximum atomic E-state index is 11.9. The zero-order valence-corrected chi connectivity index (χ0v) is 10.7. The summed E-state index contributed by atoms with van der Waals surface area (Å²) in [5, 5.41) is 0. The van der Waals surface area contributed by atoms with Crippen LogP contribution >= 0.6 is 0 Å². The van der Waals surface area contributed by atoms with E-state index in [1.54, 1.807) is 0 Å². The van der Waals surface area contributed by atoms with Gasteiger partial charge in [-0.05, 0) is 44.4 Å². The lowest BCUT2D eigenvalue weighted by Gasteiger charge is -2.32. The topological polar surface area (TPSA) is 55.6 Å². The van der Waals surface area contributed by atoms with E-state index >= 15 is 0 Å². The number of likely N-dealkylation sites (tertiary alicyclic amines) is 1. The summed E-state index contributed by atoms with van der Waals surface area (Å²) in [4.78, 5) is 13.8. The van der Waals surface area contributed by atoms with Crippen LogP contribution in [0.1, 0.15) is 45.4 Å². The molecule has 0 spiro atoms. The smallest absolute Gasteiger partial charge is 0.410 e. The van der Waals surface area contributed by atoms with Crippen molar-refractivity contribution in [3.63, 3.8) is 0 Å². The second-order valence-electron chi connectivity index (χ2n) is 5.60. The van der Waals surface area contributed by atoms with E-state index in [9.17, 15) is 4.79 Å². The molecule has 0 aromatic heterocycles. The van der Waals surface area contributed by atoms with Crippen LogP contribution in [0, 0.1) is 5.92 Å². The van der Waals surface area contributed by atoms with Crippen LogP contribution in [0.2, 0.25) is 0 Å². The van der Waals surface area contributed by atoms with Crippen LogP contribution in [0.25, 0.3) is 0 Å². The number of carbonyl (C=O) groups is 1. The molecule has 4 heteroatoms. The Morgan fingerprint density at radius 3 is 2.59 bits per heavy atom. The zero-order valence-electron chi connectivity index (χ0n) is 10.7. The fourth-order valence-corrected chi connectivity index (χ4v) is 2.70. The van der Waals surface area contributed by atoms with E-state index in [2.05, 4.69) is 6.92 Å². The number of hydrogen-bond acceptors (Lipinski definition) is 3. The first-order chi connectivity index (χ1) is 8.15. The number of amides is 1. The molecule has 1 aliphatic carbocycles. The van der Waals surface area contributed by atoms with E-state index in [0.717, 1.165) is 57.5 Å². The van der Waals surface area contributed by atoms with Crippen LogP contribution in [-0.4, -0.2) is 36.2 Å². The number of nitrogens with two attached hydrogens (primary N) is 1. The average molecular weight is 240 g/mol. The van der Waals surface area contributed by atoms with Gasteiger partial charge in [0.2, 0.25) is 0 Å². The standard InChI is InChI=1S/C13H24N2O2/c1-10-5-7-15(8-6-10)13(16)17-12-4-2-3-11(14)9-12/h10-12H,2-9,14H2,1H3. The molecular weight excluding hydrogens is 216 g/mol. The highest BCUT2D eigenvalue weighted by Crippen LogP contribution is 2.22. The molecule has 1 aliphatic heterocycles. The molecule has 2 rings (SSSR count). The van der Waals surface area contributed by atoms with Crippen molar-refractivity contribution in [3.8, 4) is 0 Å². The van der Waals surface area contributed by atoms with Crippen molar-refractivity contribution in [1.29, 1.82) is 0 Å². The quantitative estimate of drug-likeness (QED) is 0.764. The molecule has 1 heterocycles. The molecule has 0 radical (unpaired) electrons. The van der Waals surface area contributed by atoms with Gasteiger partial charge in [-0.2, -0.15) is 0 Å². The molecule has 0 bridgehead atoms. The second-order valence-corrected chi connectivity index (χ2v) is 5.60. The van der Waals surface area contributed by atoms with E-state index < -0.39 is 0 Å². The predicted octanol–water partition coefficient (Wildman–Crippen LogP) is 2.12. The Balaban J connectivity index is 1.76. The average Bonchev–Trinajstić information content (AvgIpc) is 2.29. The third-order valence-electron chi connectivity index (χ3n) is 3.98. The van der Waals surface area contributed by atoms with Gasteiger partial charge in [-0.1, -0.05) is 6.92 Å². The van der Waals surface area contributed by atoms with Gasteiger partial charge in [0.05, 0.1) is 0 Å². The minimum absolute atomic E-state index is 0.0469. The highest BCUT2D eigenvalue weighted by Gasteiger charge is 2.26. The summed E-state index contributed by atoms with van der Waals surface area (Å²) in [5.41, 5.74) is 5.89. The largest absolute Gasteiger partial charge is 0.446 e. The van der Waals surface area contributed by atoms with Gasteiger partial charge in [0.15, 0.2) is 0 Å². The van der Waals surface area contributed by atoms with Gasteiger partial charge in [-0.25, -0.2) is 4.79 Å². The molecule has 1 amide bonds. The molecular formula is C13H24N2O2. The predicted molar refractivity (Wildman–Crippen MR) is 66.7 cm³/mol. The number of rotatable bonds is 1. The third kappa shape index (κ3) is 3.60. The minimum Gasteiger partial charge on any atom is -0.446 e. The third-order valence-corrected chi connectivity index (χ3v) is 3.98. The van der Waals surface area contributed by atoms with Gasteiger partial charge in [0, 0.05) is 19.1 Å². The van der Waals surface area contributed by atoms with Crippen LogP contribution in [0.4, 0.5) is 4.79 Å². The first-order valence-electron chi connectivity index (χ1n) is 6.86. The maximum absolute atomic E-state index is 11.9. The van der Waals surface area contributed by atoms with Crippen LogP contribution in [0.3, 0.4) is 0 Å². The van der Waals surface area contributed by atoms with Crippen LogP contribution < -0.4 is 5.73 Å². The molecule has 4 nitrogen and oxygen atoms in total. The van der Waals surface area contributed by atoms with E-state index in [0.29, 0.717) is 0 Å². The summed E-state index contributed by atoms with van der Waals surface area (Å²) in [6, 6.07) is 0.211. The molecule has 2 N–H and O–H groups in total. The lowest BCUT2D eigenvalue weighted by atomic mass is 9.94. The van der Waals surface area contributed by atoms with E-state index in [1.807, 2.05) is 4.90 Å². The van der Waals surface area contributed by atoms with Gasteiger partial charge in [0.25, 0.3) is 0 Å². The van der Waals surface area contributed by atoms with Crippen molar-refractivity contribution < 1.29 is 9.53 Å². The molecule has 0 aromatic rings. The lowest BCUT2D eigenvalue weighted by Crippen LogP contribution is -2.41. The van der Waals surface area contributed by atoms with Gasteiger partial charge in [-0.15, -0.1) is 0 Å². The molecule has 1 saturated heterocycles. The Bertz CT molecular complexity index is 262. The monoisotopic (exact) mass is 240 g/mol. The molecule has 2 aliphatic rings. The fraction of sp³-hybridized carbons (Fsp3) is 0.923. The maximum Gasteiger partial charge on any atom is 0.410 e. The first-order valence-corrected chi connectivity index (χ1v) is 6.86. The summed E-state index contributed by atoms with van der Waals surface area (Å²) in [5.74, 6) is 0.738. The minimum atomic E-state index is -0.129. The van der Waals surface area contributed by atoms with E-state index in [1.165, 1.54) is 0 Å². The van der Waals surface area contributed by atoms with Crippen LogP contribution in [0.5, 0.6) is 0 Å². The molecule has 1 saturated carbocycles. The fourth-order valence-electron chi connectivity index (χ4n) is 2.70. The zero-order chi connectivity index (χ0) is 12.3. The molecule has 2 unspecified atom stereocenters. The molecule has 98 valence electrons. The van der Waals surface area contributed by atoms with Gasteiger partial charge in [0.1, 0.15) is 6.10 Å². The number of carbonyl (C=O) groups excluding carboxylic acids is 1. The Morgan fingerprint density at radius 2 is 1.94 bits per heavy atom. The van der Waals surface area contributed by atoms with Crippen molar-refractivity contribution >= 4 is 6.09 Å². The van der Waals surface area contributed by atoms with E-state index in [-0.39, 0.29) is 18.2 Å². The van der Waals surface area contributed by atoms with Crippen molar-refractivity contribution in [2.24, 2.45) is 11.7 Å². The van der Waals surface area contributed by atoms with Crippen molar-refractivity contribution in [1.82, 2.24) is 4.90 Å². The number of piperidine rings is 1. The molecule has 0 aromatic carbocycles. The summed E-state index contributed by atoms with van der Waals surface area (Å²) in [6.45, 7) is 3.93. The summed E-state index contributed by atoms with van der Waals surface area (Å²) in [6.07, 6.45) is 6.06. The molecule has 17 heavy (non-hydrogen) atoms. The van der Waals surface area contributed by atoms with Gasteiger partial charge >= 0.3 is 6.09 Å². The SMILES string of the molecule is CC1CCN(C(=O)OC2CCCC(N)C2)CC1. The first kappa shape index (κ1) is 12.7. The number of hydrogen-bond donors (Lipinski definition) is 1. The lowest BCUT2D eigenvalue weighted by molar-refractivity contribution is 0.0355. The molecule has 2 fully saturated rings. The van der Waals surface area contributed by atoms with E-state index in [4.69, 9.17) is 10.5 Å². The Morgan fingerprint density at radius 1 is 1.24 bits per heavy atom. The Labute approximate surface area is 103 Å². The normalized spacial score (nSPS) is 31.3. The van der Waals surface area contributed by atoms with Crippen molar-refractivity contribution in [3.05, 3.63) is 0 Å².